The molecule has 2 rings (SSSR count). The summed E-state index contributed by atoms with van der Waals surface area (Å²) in [5.74, 6) is 2.70. The Labute approximate surface area is 93.1 Å². The van der Waals surface area contributed by atoms with Crippen LogP contribution in [0.25, 0.3) is 0 Å². The van der Waals surface area contributed by atoms with Crippen LogP contribution < -0.4 is 5.32 Å². The molecule has 0 amide bonds. The normalized spacial score (nSPS) is 32.7. The molecule has 0 unspecified atom stereocenters. The van der Waals surface area contributed by atoms with Crippen LogP contribution in [0.1, 0.15) is 26.2 Å². The van der Waals surface area contributed by atoms with Crippen LogP contribution in [-0.4, -0.2) is 26.3 Å². The smallest absolute Gasteiger partial charge is 0.0477 e. The molecule has 0 aromatic heterocycles. The zero-order valence-corrected chi connectivity index (χ0v) is 9.74. The van der Waals surface area contributed by atoms with Crippen LogP contribution in [0.15, 0.2) is 12.2 Å². The van der Waals surface area contributed by atoms with E-state index in [0.29, 0.717) is 0 Å². The summed E-state index contributed by atoms with van der Waals surface area (Å²) in [5.41, 5.74) is 0. The number of fused-ring (bicyclic) bond motifs is 2. The summed E-state index contributed by atoms with van der Waals surface area (Å²) >= 11 is 0. The summed E-state index contributed by atoms with van der Waals surface area (Å²) in [4.78, 5) is 0. The zero-order valence-electron chi connectivity index (χ0n) is 9.74. The highest BCUT2D eigenvalue weighted by Crippen LogP contribution is 2.42. The maximum Gasteiger partial charge on any atom is 0.0477 e. The Hall–Kier alpha value is -0.340. The number of rotatable bonds is 7. The van der Waals surface area contributed by atoms with E-state index >= 15 is 0 Å². The third-order valence-corrected chi connectivity index (χ3v) is 3.67. The Kier molecular flexibility index (Phi) is 4.21. The molecule has 2 heteroatoms. The molecule has 1 N–H and O–H groups in total. The van der Waals surface area contributed by atoms with Crippen molar-refractivity contribution < 1.29 is 4.74 Å². The van der Waals surface area contributed by atoms with Crippen molar-refractivity contribution >= 4 is 0 Å². The first-order chi connectivity index (χ1) is 7.40. The molecule has 2 bridgehead atoms. The highest BCUT2D eigenvalue weighted by Gasteiger charge is 2.34. The van der Waals surface area contributed by atoms with Gasteiger partial charge in [0.25, 0.3) is 0 Å². The predicted molar refractivity (Wildman–Crippen MR) is 62.8 cm³/mol. The van der Waals surface area contributed by atoms with Crippen molar-refractivity contribution in [1.29, 1.82) is 0 Å². The lowest BCUT2D eigenvalue weighted by molar-refractivity contribution is 0.144. The Bertz CT molecular complexity index is 215. The summed E-state index contributed by atoms with van der Waals surface area (Å²) < 4.78 is 5.30. The van der Waals surface area contributed by atoms with E-state index in [0.717, 1.165) is 43.9 Å². The molecule has 0 radical (unpaired) electrons. The average molecular weight is 209 g/mol. The number of hydrogen-bond donors (Lipinski definition) is 1. The lowest BCUT2D eigenvalue weighted by Gasteiger charge is -2.18. The summed E-state index contributed by atoms with van der Waals surface area (Å²) in [5, 5.41) is 3.56. The van der Waals surface area contributed by atoms with E-state index in [1.54, 1.807) is 0 Å². The van der Waals surface area contributed by atoms with Crippen LogP contribution in [0, 0.1) is 17.8 Å². The van der Waals surface area contributed by atoms with Crippen LogP contribution in [0.5, 0.6) is 0 Å². The second-order valence-electron chi connectivity index (χ2n) is 4.79. The maximum atomic E-state index is 5.30. The minimum Gasteiger partial charge on any atom is -0.382 e. The van der Waals surface area contributed by atoms with Crippen LogP contribution in [0.2, 0.25) is 0 Å². The maximum absolute atomic E-state index is 5.30. The van der Waals surface area contributed by atoms with E-state index in [1.807, 2.05) is 0 Å². The van der Waals surface area contributed by atoms with Gasteiger partial charge in [-0.05, 0) is 57.0 Å². The molecular formula is C13H23NO. The molecule has 2 nitrogen and oxygen atoms in total. The Balaban J connectivity index is 1.50. The van der Waals surface area contributed by atoms with Crippen LogP contribution in [0.3, 0.4) is 0 Å². The summed E-state index contributed by atoms with van der Waals surface area (Å²) in [7, 11) is 0. The van der Waals surface area contributed by atoms with Gasteiger partial charge in [0.05, 0.1) is 0 Å². The van der Waals surface area contributed by atoms with Gasteiger partial charge < -0.3 is 10.1 Å². The first kappa shape index (κ1) is 11.2. The quantitative estimate of drug-likeness (QED) is 0.513. The van der Waals surface area contributed by atoms with Crippen molar-refractivity contribution in [2.24, 2.45) is 17.8 Å². The van der Waals surface area contributed by atoms with Gasteiger partial charge >= 0.3 is 0 Å². The third kappa shape index (κ3) is 3.05. The molecule has 0 aromatic rings. The highest BCUT2D eigenvalue weighted by molar-refractivity contribution is 5.10. The van der Waals surface area contributed by atoms with Crippen LogP contribution in [0.4, 0.5) is 0 Å². The van der Waals surface area contributed by atoms with Gasteiger partial charge in [0.1, 0.15) is 0 Å². The molecule has 86 valence electrons. The van der Waals surface area contributed by atoms with Gasteiger partial charge in [0, 0.05) is 13.2 Å². The third-order valence-electron chi connectivity index (χ3n) is 3.67. The molecule has 3 atom stereocenters. The lowest BCUT2D eigenvalue weighted by Crippen LogP contribution is -2.26. The van der Waals surface area contributed by atoms with Gasteiger partial charge in [-0.25, -0.2) is 0 Å². The fourth-order valence-corrected chi connectivity index (χ4v) is 2.86. The summed E-state index contributed by atoms with van der Waals surface area (Å²) in [6, 6.07) is 0. The van der Waals surface area contributed by atoms with Crippen molar-refractivity contribution in [2.75, 3.05) is 26.3 Å². The van der Waals surface area contributed by atoms with Crippen LogP contribution >= 0.6 is 0 Å². The first-order valence-corrected chi connectivity index (χ1v) is 6.37. The lowest BCUT2D eigenvalue weighted by atomic mass is 9.94. The second kappa shape index (κ2) is 5.66. The fourth-order valence-electron chi connectivity index (χ4n) is 2.86. The zero-order chi connectivity index (χ0) is 10.5. The van der Waals surface area contributed by atoms with Crippen molar-refractivity contribution in [3.8, 4) is 0 Å². The van der Waals surface area contributed by atoms with Gasteiger partial charge in [-0.2, -0.15) is 0 Å². The molecule has 1 fully saturated rings. The first-order valence-electron chi connectivity index (χ1n) is 6.37. The minimum atomic E-state index is 0.844. The molecule has 0 aliphatic heterocycles. The van der Waals surface area contributed by atoms with E-state index in [1.165, 1.54) is 19.4 Å². The van der Waals surface area contributed by atoms with Gasteiger partial charge in [-0.15, -0.1) is 0 Å². The number of hydrogen-bond acceptors (Lipinski definition) is 2. The Morgan fingerprint density at radius 3 is 2.93 bits per heavy atom. The number of ether oxygens (including phenoxy) is 1. The minimum absolute atomic E-state index is 0.844. The Morgan fingerprint density at radius 2 is 2.27 bits per heavy atom. The van der Waals surface area contributed by atoms with Crippen molar-refractivity contribution in [3.05, 3.63) is 12.2 Å². The Morgan fingerprint density at radius 1 is 1.33 bits per heavy atom. The summed E-state index contributed by atoms with van der Waals surface area (Å²) in [6.07, 6.45) is 8.83. The predicted octanol–water partition coefficient (Wildman–Crippen LogP) is 2.21. The van der Waals surface area contributed by atoms with Crippen molar-refractivity contribution in [3.63, 3.8) is 0 Å². The topological polar surface area (TPSA) is 21.3 Å². The molecule has 1 saturated carbocycles. The van der Waals surface area contributed by atoms with Gasteiger partial charge in [0.15, 0.2) is 0 Å². The van der Waals surface area contributed by atoms with Gasteiger partial charge in [-0.1, -0.05) is 12.2 Å². The van der Waals surface area contributed by atoms with Gasteiger partial charge in [-0.3, -0.25) is 0 Å². The molecule has 2 aliphatic carbocycles. The number of nitrogens with one attached hydrogen (secondary N) is 1. The molecule has 15 heavy (non-hydrogen) atoms. The molecule has 0 spiro atoms. The molecule has 0 saturated heterocycles. The van der Waals surface area contributed by atoms with E-state index in [4.69, 9.17) is 4.74 Å². The van der Waals surface area contributed by atoms with Crippen molar-refractivity contribution in [1.82, 2.24) is 5.32 Å². The molecule has 0 aromatic carbocycles. The van der Waals surface area contributed by atoms with E-state index in [-0.39, 0.29) is 0 Å². The van der Waals surface area contributed by atoms with E-state index < -0.39 is 0 Å². The monoisotopic (exact) mass is 209 g/mol. The molecule has 0 heterocycles. The van der Waals surface area contributed by atoms with E-state index in [2.05, 4.69) is 24.4 Å². The SMILES string of the molecule is CCOCCCNC[C@H]1C[C@H]2C=C[C@H]1C2. The van der Waals surface area contributed by atoms with Crippen LogP contribution in [-0.2, 0) is 4.74 Å². The second-order valence-corrected chi connectivity index (χ2v) is 4.79. The molecular weight excluding hydrogens is 186 g/mol. The average Bonchev–Trinajstić information content (AvgIpc) is 2.85. The van der Waals surface area contributed by atoms with Crippen molar-refractivity contribution in [2.45, 2.75) is 26.2 Å². The van der Waals surface area contributed by atoms with Gasteiger partial charge in [0.2, 0.25) is 0 Å². The molecule has 2 aliphatic rings. The summed E-state index contributed by atoms with van der Waals surface area (Å²) in [6.45, 7) is 6.11. The number of allylic oxidation sites excluding steroid dienone is 2. The standard InChI is InChI=1S/C13H23NO/c1-2-15-7-3-6-14-10-13-9-11-4-5-12(13)8-11/h4-5,11-14H,2-3,6-10H2,1H3/t11-,12-,13+/m0/s1. The highest BCUT2D eigenvalue weighted by atomic mass is 16.5. The van der Waals surface area contributed by atoms with E-state index in [9.17, 15) is 0 Å². The fraction of sp³-hybridized carbons (Fsp3) is 0.846. The largest absolute Gasteiger partial charge is 0.382 e.